The maximum absolute atomic E-state index is 13.3. The number of hydrogen-bond acceptors (Lipinski definition) is 3. The van der Waals surface area contributed by atoms with Crippen LogP contribution in [0.2, 0.25) is 0 Å². The highest BCUT2D eigenvalue weighted by Gasteiger charge is 2.27. The lowest BCUT2D eigenvalue weighted by Gasteiger charge is -2.36. The van der Waals surface area contributed by atoms with Crippen LogP contribution in [0.15, 0.2) is 18.2 Å². The Bertz CT molecular complexity index is 560. The molecule has 0 saturated carbocycles. The minimum absolute atomic E-state index is 0.0715. The molecule has 3 rings (SSSR count). The van der Waals surface area contributed by atoms with E-state index in [0.29, 0.717) is 19.2 Å². The molecule has 1 aromatic rings. The van der Waals surface area contributed by atoms with Crippen molar-refractivity contribution in [2.75, 3.05) is 33.2 Å². The fraction of sp³-hybridized carbons (Fsp3) is 0.611. The van der Waals surface area contributed by atoms with Crippen LogP contribution in [0.4, 0.5) is 8.78 Å². The zero-order chi connectivity index (χ0) is 17.1. The average molecular weight is 338 g/mol. The number of carbonyl (C=O) groups is 1. The SMILES string of the molecule is CN1CCC(OC2CCN(C(=O)c3cc(F)cc(F)c3)CC2)CC1. The summed E-state index contributed by atoms with van der Waals surface area (Å²) in [6.45, 7) is 3.25. The molecule has 0 aliphatic carbocycles. The Kier molecular flexibility index (Phi) is 5.46. The van der Waals surface area contributed by atoms with E-state index >= 15 is 0 Å². The van der Waals surface area contributed by atoms with E-state index in [1.807, 2.05) is 0 Å². The molecular weight excluding hydrogens is 314 g/mol. The lowest BCUT2D eigenvalue weighted by molar-refractivity contribution is -0.0599. The summed E-state index contributed by atoms with van der Waals surface area (Å²) in [5.74, 6) is -1.76. The number of benzene rings is 1. The van der Waals surface area contributed by atoms with Crippen LogP contribution in [0.5, 0.6) is 0 Å². The van der Waals surface area contributed by atoms with Gasteiger partial charge in [-0.15, -0.1) is 0 Å². The molecule has 1 aromatic carbocycles. The van der Waals surface area contributed by atoms with E-state index < -0.39 is 11.6 Å². The van der Waals surface area contributed by atoms with Gasteiger partial charge in [-0.25, -0.2) is 8.78 Å². The molecule has 0 aromatic heterocycles. The summed E-state index contributed by atoms with van der Waals surface area (Å²) in [6, 6.07) is 2.96. The zero-order valence-corrected chi connectivity index (χ0v) is 14.0. The van der Waals surface area contributed by atoms with E-state index in [0.717, 1.165) is 57.0 Å². The van der Waals surface area contributed by atoms with Gasteiger partial charge < -0.3 is 14.5 Å². The number of likely N-dealkylation sites (tertiary alicyclic amines) is 2. The molecule has 4 nitrogen and oxygen atoms in total. The van der Waals surface area contributed by atoms with Crippen molar-refractivity contribution in [2.24, 2.45) is 0 Å². The number of piperidine rings is 2. The van der Waals surface area contributed by atoms with Crippen LogP contribution in [-0.4, -0.2) is 61.1 Å². The van der Waals surface area contributed by atoms with Gasteiger partial charge in [0.2, 0.25) is 0 Å². The van der Waals surface area contributed by atoms with Gasteiger partial charge in [-0.1, -0.05) is 0 Å². The summed E-state index contributed by atoms with van der Waals surface area (Å²) in [5.41, 5.74) is 0.0715. The molecule has 2 aliphatic heterocycles. The Morgan fingerprint density at radius 1 is 0.958 bits per heavy atom. The quantitative estimate of drug-likeness (QED) is 0.849. The molecule has 132 valence electrons. The van der Waals surface area contributed by atoms with Crippen LogP contribution in [0, 0.1) is 11.6 Å². The van der Waals surface area contributed by atoms with Crippen LogP contribution < -0.4 is 0 Å². The fourth-order valence-corrected chi connectivity index (χ4v) is 3.45. The van der Waals surface area contributed by atoms with E-state index in [9.17, 15) is 13.6 Å². The molecule has 0 spiro atoms. The summed E-state index contributed by atoms with van der Waals surface area (Å²) in [7, 11) is 2.12. The minimum atomic E-state index is -0.723. The monoisotopic (exact) mass is 338 g/mol. The summed E-state index contributed by atoms with van der Waals surface area (Å²) in [4.78, 5) is 16.3. The van der Waals surface area contributed by atoms with Crippen molar-refractivity contribution >= 4 is 5.91 Å². The summed E-state index contributed by atoms with van der Waals surface area (Å²) in [6.07, 6.45) is 4.14. The molecule has 2 saturated heterocycles. The van der Waals surface area contributed by atoms with Crippen LogP contribution >= 0.6 is 0 Å². The van der Waals surface area contributed by atoms with Gasteiger partial charge in [0.1, 0.15) is 11.6 Å². The standard InChI is InChI=1S/C18H24F2N2O2/c1-21-6-2-16(3-7-21)24-17-4-8-22(9-5-17)18(23)13-10-14(19)12-15(20)11-13/h10-12,16-17H,2-9H2,1H3. The van der Waals surface area contributed by atoms with E-state index in [-0.39, 0.29) is 17.6 Å². The molecule has 0 radical (unpaired) electrons. The number of ether oxygens (including phenoxy) is 1. The molecule has 2 aliphatic rings. The first-order valence-corrected chi connectivity index (χ1v) is 8.60. The van der Waals surface area contributed by atoms with Crippen molar-refractivity contribution in [3.63, 3.8) is 0 Å². The molecule has 1 amide bonds. The summed E-state index contributed by atoms with van der Waals surface area (Å²) >= 11 is 0. The van der Waals surface area contributed by atoms with Crippen molar-refractivity contribution in [3.8, 4) is 0 Å². The van der Waals surface area contributed by atoms with E-state index in [4.69, 9.17) is 4.74 Å². The molecule has 0 atom stereocenters. The molecule has 2 heterocycles. The molecule has 0 bridgehead atoms. The summed E-state index contributed by atoms with van der Waals surface area (Å²) in [5, 5.41) is 0. The second-order valence-electron chi connectivity index (χ2n) is 6.79. The van der Waals surface area contributed by atoms with Gasteiger partial charge in [-0.3, -0.25) is 4.79 Å². The number of amides is 1. The largest absolute Gasteiger partial charge is 0.375 e. The third-order valence-corrected chi connectivity index (χ3v) is 4.89. The highest BCUT2D eigenvalue weighted by molar-refractivity contribution is 5.94. The molecule has 2 fully saturated rings. The third kappa shape index (κ3) is 4.30. The zero-order valence-electron chi connectivity index (χ0n) is 14.0. The molecule has 0 unspecified atom stereocenters. The fourth-order valence-electron chi connectivity index (χ4n) is 3.45. The average Bonchev–Trinajstić information content (AvgIpc) is 2.56. The van der Waals surface area contributed by atoms with Gasteiger partial charge in [0.15, 0.2) is 0 Å². The van der Waals surface area contributed by atoms with Crippen molar-refractivity contribution < 1.29 is 18.3 Å². The maximum Gasteiger partial charge on any atom is 0.254 e. The molecule has 0 N–H and O–H groups in total. The Hall–Kier alpha value is -1.53. The van der Waals surface area contributed by atoms with Gasteiger partial charge >= 0.3 is 0 Å². The van der Waals surface area contributed by atoms with Gasteiger partial charge in [-0.05, 0) is 44.9 Å². The van der Waals surface area contributed by atoms with Crippen molar-refractivity contribution in [1.82, 2.24) is 9.80 Å². The van der Waals surface area contributed by atoms with E-state index in [1.165, 1.54) is 0 Å². The van der Waals surface area contributed by atoms with Crippen LogP contribution in [0.3, 0.4) is 0 Å². The molecular formula is C18H24F2N2O2. The number of rotatable bonds is 3. The Balaban J connectivity index is 1.50. The first-order chi connectivity index (χ1) is 11.5. The lowest BCUT2D eigenvalue weighted by Crippen LogP contribution is -2.43. The van der Waals surface area contributed by atoms with Crippen molar-refractivity contribution in [3.05, 3.63) is 35.4 Å². The number of nitrogens with zero attached hydrogens (tertiary/aromatic N) is 2. The lowest BCUT2D eigenvalue weighted by atomic mass is 10.0. The van der Waals surface area contributed by atoms with Crippen molar-refractivity contribution in [1.29, 1.82) is 0 Å². The van der Waals surface area contributed by atoms with E-state index in [1.54, 1.807) is 4.90 Å². The topological polar surface area (TPSA) is 32.8 Å². The molecule has 6 heteroatoms. The second-order valence-corrected chi connectivity index (χ2v) is 6.79. The summed E-state index contributed by atoms with van der Waals surface area (Å²) < 4.78 is 32.7. The predicted molar refractivity (Wildman–Crippen MR) is 86.9 cm³/mol. The van der Waals surface area contributed by atoms with Gasteiger partial charge in [0, 0.05) is 37.8 Å². The minimum Gasteiger partial charge on any atom is -0.375 e. The van der Waals surface area contributed by atoms with Crippen molar-refractivity contribution in [2.45, 2.75) is 37.9 Å². The number of halogens is 2. The Labute approximate surface area is 141 Å². The predicted octanol–water partition coefficient (Wildman–Crippen LogP) is 2.68. The molecule has 24 heavy (non-hydrogen) atoms. The maximum atomic E-state index is 13.3. The second kappa shape index (κ2) is 7.57. The first-order valence-electron chi connectivity index (χ1n) is 8.60. The van der Waals surface area contributed by atoms with Crippen LogP contribution in [0.1, 0.15) is 36.0 Å². The van der Waals surface area contributed by atoms with Gasteiger partial charge in [0.05, 0.1) is 12.2 Å². The third-order valence-electron chi connectivity index (χ3n) is 4.89. The highest BCUT2D eigenvalue weighted by Crippen LogP contribution is 2.22. The number of carbonyl (C=O) groups excluding carboxylic acids is 1. The van der Waals surface area contributed by atoms with Gasteiger partial charge in [0.25, 0.3) is 5.91 Å². The van der Waals surface area contributed by atoms with Gasteiger partial charge in [-0.2, -0.15) is 0 Å². The normalized spacial score (nSPS) is 21.2. The Morgan fingerprint density at radius 3 is 2.00 bits per heavy atom. The van der Waals surface area contributed by atoms with E-state index in [2.05, 4.69) is 11.9 Å². The highest BCUT2D eigenvalue weighted by atomic mass is 19.1. The van der Waals surface area contributed by atoms with Crippen LogP contribution in [-0.2, 0) is 4.74 Å². The van der Waals surface area contributed by atoms with Crippen LogP contribution in [0.25, 0.3) is 0 Å². The Morgan fingerprint density at radius 2 is 1.46 bits per heavy atom. The number of hydrogen-bond donors (Lipinski definition) is 0. The smallest absolute Gasteiger partial charge is 0.254 e. The first kappa shape index (κ1) is 17.3.